The van der Waals surface area contributed by atoms with E-state index in [9.17, 15) is 4.79 Å². The van der Waals surface area contributed by atoms with Gasteiger partial charge in [-0.3, -0.25) is 4.79 Å². The van der Waals surface area contributed by atoms with E-state index in [-0.39, 0.29) is 11.8 Å². The Bertz CT molecular complexity index is 724. The van der Waals surface area contributed by atoms with Gasteiger partial charge in [-0.1, -0.05) is 23.8 Å². The van der Waals surface area contributed by atoms with Crippen LogP contribution >= 0.6 is 0 Å². The Balaban J connectivity index is 1.91. The lowest BCUT2D eigenvalue weighted by atomic mass is 9.92. The Morgan fingerprint density at radius 3 is 2.55 bits per heavy atom. The molecule has 0 radical (unpaired) electrons. The molecule has 0 bridgehead atoms. The van der Waals surface area contributed by atoms with Crippen molar-refractivity contribution in [2.75, 3.05) is 19.5 Å². The first-order valence-electron chi connectivity index (χ1n) is 7.24. The van der Waals surface area contributed by atoms with Crippen LogP contribution in [0.15, 0.2) is 36.4 Å². The van der Waals surface area contributed by atoms with Gasteiger partial charge in [-0.2, -0.15) is 0 Å². The predicted molar refractivity (Wildman–Crippen MR) is 85.8 cm³/mol. The van der Waals surface area contributed by atoms with Crippen molar-refractivity contribution >= 4 is 11.6 Å². The summed E-state index contributed by atoms with van der Waals surface area (Å²) in [6.07, 6.45) is 0.642. The number of benzene rings is 2. The lowest BCUT2D eigenvalue weighted by Gasteiger charge is -2.12. The quantitative estimate of drug-likeness (QED) is 0.942. The summed E-state index contributed by atoms with van der Waals surface area (Å²) in [5.41, 5.74) is 4.19. The molecule has 1 aliphatic heterocycles. The van der Waals surface area contributed by atoms with Crippen LogP contribution in [-0.4, -0.2) is 20.1 Å². The summed E-state index contributed by atoms with van der Waals surface area (Å²) in [5, 5.41) is 2.95. The molecule has 1 amide bonds. The molecule has 0 fully saturated rings. The number of fused-ring (bicyclic) bond motifs is 1. The SMILES string of the molecule is COc1ccc(CC2C(=O)Nc3ccc(C)cc32)cc1OC. The van der Waals surface area contributed by atoms with Crippen molar-refractivity contribution < 1.29 is 14.3 Å². The Hall–Kier alpha value is -2.49. The van der Waals surface area contributed by atoms with E-state index in [1.165, 1.54) is 0 Å². The van der Waals surface area contributed by atoms with Crippen molar-refractivity contribution in [3.63, 3.8) is 0 Å². The van der Waals surface area contributed by atoms with Crippen LogP contribution in [0, 0.1) is 6.92 Å². The van der Waals surface area contributed by atoms with Crippen LogP contribution in [0.4, 0.5) is 5.69 Å². The van der Waals surface area contributed by atoms with Gasteiger partial charge in [0.1, 0.15) is 0 Å². The van der Waals surface area contributed by atoms with Gasteiger partial charge in [0.05, 0.1) is 20.1 Å². The molecule has 0 aliphatic carbocycles. The van der Waals surface area contributed by atoms with Gasteiger partial charge in [-0.05, 0) is 42.7 Å². The average Bonchev–Trinajstić information content (AvgIpc) is 2.83. The molecule has 3 rings (SSSR count). The Morgan fingerprint density at radius 1 is 1.05 bits per heavy atom. The molecule has 114 valence electrons. The molecule has 1 heterocycles. The fourth-order valence-corrected chi connectivity index (χ4v) is 2.89. The maximum Gasteiger partial charge on any atom is 0.232 e. The fourth-order valence-electron chi connectivity index (χ4n) is 2.89. The smallest absolute Gasteiger partial charge is 0.232 e. The van der Waals surface area contributed by atoms with Gasteiger partial charge in [-0.25, -0.2) is 0 Å². The zero-order valence-electron chi connectivity index (χ0n) is 13.0. The number of amides is 1. The van der Waals surface area contributed by atoms with Gasteiger partial charge in [0.2, 0.25) is 5.91 Å². The Labute approximate surface area is 130 Å². The molecule has 1 aliphatic rings. The highest BCUT2D eigenvalue weighted by Crippen LogP contribution is 2.36. The zero-order valence-corrected chi connectivity index (χ0v) is 13.0. The highest BCUT2D eigenvalue weighted by molar-refractivity contribution is 6.03. The van der Waals surface area contributed by atoms with E-state index >= 15 is 0 Å². The first-order valence-corrected chi connectivity index (χ1v) is 7.24. The topological polar surface area (TPSA) is 47.6 Å². The van der Waals surface area contributed by atoms with E-state index in [1.807, 2.05) is 37.3 Å². The van der Waals surface area contributed by atoms with Crippen LogP contribution in [0.25, 0.3) is 0 Å². The minimum Gasteiger partial charge on any atom is -0.493 e. The van der Waals surface area contributed by atoms with Crippen molar-refractivity contribution in [2.45, 2.75) is 19.3 Å². The lowest BCUT2D eigenvalue weighted by molar-refractivity contribution is -0.117. The van der Waals surface area contributed by atoms with Gasteiger partial charge in [0, 0.05) is 5.69 Å². The molecular weight excluding hydrogens is 278 g/mol. The molecule has 2 aromatic carbocycles. The van der Waals surface area contributed by atoms with Crippen LogP contribution in [0.5, 0.6) is 11.5 Å². The third-order valence-corrected chi connectivity index (χ3v) is 4.04. The van der Waals surface area contributed by atoms with Crippen molar-refractivity contribution in [3.05, 3.63) is 53.1 Å². The van der Waals surface area contributed by atoms with E-state index in [4.69, 9.17) is 9.47 Å². The highest BCUT2D eigenvalue weighted by Gasteiger charge is 2.30. The number of hydrogen-bond donors (Lipinski definition) is 1. The summed E-state index contributed by atoms with van der Waals surface area (Å²) in [4.78, 5) is 12.3. The number of hydrogen-bond acceptors (Lipinski definition) is 3. The number of methoxy groups -OCH3 is 2. The molecule has 0 saturated carbocycles. The van der Waals surface area contributed by atoms with Crippen molar-refractivity contribution in [1.29, 1.82) is 0 Å². The molecule has 0 spiro atoms. The third-order valence-electron chi connectivity index (χ3n) is 4.04. The van der Waals surface area contributed by atoms with Gasteiger partial charge in [-0.15, -0.1) is 0 Å². The second kappa shape index (κ2) is 5.72. The summed E-state index contributed by atoms with van der Waals surface area (Å²) >= 11 is 0. The monoisotopic (exact) mass is 297 g/mol. The van der Waals surface area contributed by atoms with Gasteiger partial charge < -0.3 is 14.8 Å². The molecule has 22 heavy (non-hydrogen) atoms. The number of carbonyl (C=O) groups is 1. The predicted octanol–water partition coefficient (Wildman–Crippen LogP) is 3.29. The maximum atomic E-state index is 12.3. The second-order valence-electron chi connectivity index (χ2n) is 5.53. The largest absolute Gasteiger partial charge is 0.493 e. The van der Waals surface area contributed by atoms with Crippen molar-refractivity contribution in [1.82, 2.24) is 0 Å². The normalized spacial score (nSPS) is 16.1. The molecule has 0 saturated heterocycles. The molecule has 1 N–H and O–H groups in total. The van der Waals surface area contributed by atoms with Crippen molar-refractivity contribution in [3.8, 4) is 11.5 Å². The van der Waals surface area contributed by atoms with E-state index in [1.54, 1.807) is 14.2 Å². The van der Waals surface area contributed by atoms with Crippen molar-refractivity contribution in [2.24, 2.45) is 0 Å². The minimum atomic E-state index is -0.159. The molecule has 1 unspecified atom stereocenters. The molecule has 2 aromatic rings. The maximum absolute atomic E-state index is 12.3. The highest BCUT2D eigenvalue weighted by atomic mass is 16.5. The molecule has 0 aromatic heterocycles. The van der Waals surface area contributed by atoms with Crippen LogP contribution in [0.3, 0.4) is 0 Å². The molecular formula is C18H19NO3. The zero-order chi connectivity index (χ0) is 15.7. The van der Waals surface area contributed by atoms with Gasteiger partial charge in [0.15, 0.2) is 11.5 Å². The number of nitrogens with one attached hydrogen (secondary N) is 1. The number of carbonyl (C=O) groups excluding carboxylic acids is 1. The van der Waals surface area contributed by atoms with Crippen LogP contribution in [0.1, 0.15) is 22.6 Å². The second-order valence-corrected chi connectivity index (χ2v) is 5.53. The fraction of sp³-hybridized carbons (Fsp3) is 0.278. The molecule has 4 heteroatoms. The average molecular weight is 297 g/mol. The number of aryl methyl sites for hydroxylation is 1. The van der Waals surface area contributed by atoms with E-state index < -0.39 is 0 Å². The summed E-state index contributed by atoms with van der Waals surface area (Å²) in [6, 6.07) is 11.8. The van der Waals surface area contributed by atoms with Crippen LogP contribution in [-0.2, 0) is 11.2 Å². The molecule has 4 nitrogen and oxygen atoms in total. The van der Waals surface area contributed by atoms with E-state index in [0.29, 0.717) is 17.9 Å². The minimum absolute atomic E-state index is 0.0513. The lowest BCUT2D eigenvalue weighted by Crippen LogP contribution is -2.14. The van der Waals surface area contributed by atoms with Crippen LogP contribution < -0.4 is 14.8 Å². The number of rotatable bonds is 4. The first-order chi connectivity index (χ1) is 10.6. The van der Waals surface area contributed by atoms with Crippen LogP contribution in [0.2, 0.25) is 0 Å². The van der Waals surface area contributed by atoms with E-state index in [0.717, 1.165) is 22.4 Å². The summed E-state index contributed by atoms with van der Waals surface area (Å²) in [6.45, 7) is 2.04. The number of ether oxygens (including phenoxy) is 2. The summed E-state index contributed by atoms with van der Waals surface area (Å²) < 4.78 is 10.6. The summed E-state index contributed by atoms with van der Waals surface area (Å²) in [5.74, 6) is 1.27. The standard InChI is InChI=1S/C18H19NO3/c1-11-4-6-15-13(8-11)14(18(20)19-15)9-12-5-7-16(21-2)17(10-12)22-3/h4-8,10,14H,9H2,1-3H3,(H,19,20). The Kier molecular flexibility index (Phi) is 3.75. The Morgan fingerprint density at radius 2 is 1.82 bits per heavy atom. The molecule has 1 atom stereocenters. The first kappa shape index (κ1) is 14.4. The van der Waals surface area contributed by atoms with Gasteiger partial charge in [0.25, 0.3) is 0 Å². The van der Waals surface area contributed by atoms with E-state index in [2.05, 4.69) is 11.4 Å². The van der Waals surface area contributed by atoms with Gasteiger partial charge >= 0.3 is 0 Å². The number of anilines is 1. The summed E-state index contributed by atoms with van der Waals surface area (Å²) in [7, 11) is 3.23. The third kappa shape index (κ3) is 2.52.